The summed E-state index contributed by atoms with van der Waals surface area (Å²) in [5, 5.41) is 13.2. The average molecular weight is 428 g/mol. The van der Waals surface area contributed by atoms with Crippen molar-refractivity contribution in [3.05, 3.63) is 35.9 Å². The number of anilines is 2. The summed E-state index contributed by atoms with van der Waals surface area (Å²) in [6.45, 7) is 4.40. The van der Waals surface area contributed by atoms with Crippen molar-refractivity contribution in [1.82, 2.24) is 15.5 Å². The molecule has 0 spiro atoms. The molecule has 2 saturated heterocycles. The van der Waals surface area contributed by atoms with Crippen LogP contribution in [0.2, 0.25) is 0 Å². The zero-order chi connectivity index (χ0) is 20.9. The number of aryl methyl sites for hydroxylation is 1. The molecular formula is C22H29N5O2S. The number of hydrogen-bond acceptors (Lipinski definition) is 6. The number of rotatable bonds is 7. The molecule has 0 bridgehead atoms. The van der Waals surface area contributed by atoms with Gasteiger partial charge in [0, 0.05) is 38.0 Å². The summed E-state index contributed by atoms with van der Waals surface area (Å²) in [4.78, 5) is 28.5. The van der Waals surface area contributed by atoms with E-state index in [0.717, 1.165) is 56.9 Å². The van der Waals surface area contributed by atoms with Crippen LogP contribution in [0.15, 0.2) is 30.3 Å². The van der Waals surface area contributed by atoms with Crippen LogP contribution in [0, 0.1) is 5.92 Å². The van der Waals surface area contributed by atoms with Gasteiger partial charge in [0.15, 0.2) is 0 Å². The van der Waals surface area contributed by atoms with Gasteiger partial charge >= 0.3 is 0 Å². The number of benzene rings is 1. The predicted octanol–water partition coefficient (Wildman–Crippen LogP) is 3.02. The molecule has 8 heteroatoms. The maximum Gasteiger partial charge on any atom is 0.228 e. The van der Waals surface area contributed by atoms with Crippen LogP contribution in [0.5, 0.6) is 0 Å². The van der Waals surface area contributed by atoms with E-state index < -0.39 is 0 Å². The number of hydrogen-bond donors (Lipinski definition) is 1. The third-order valence-electron chi connectivity index (χ3n) is 5.94. The first kappa shape index (κ1) is 20.8. The van der Waals surface area contributed by atoms with Crippen LogP contribution in [0.3, 0.4) is 0 Å². The molecular weight excluding hydrogens is 398 g/mol. The highest BCUT2D eigenvalue weighted by atomic mass is 32.1. The van der Waals surface area contributed by atoms with Gasteiger partial charge in [-0.05, 0) is 44.6 Å². The van der Waals surface area contributed by atoms with Crippen molar-refractivity contribution in [3.63, 3.8) is 0 Å². The van der Waals surface area contributed by atoms with Gasteiger partial charge < -0.3 is 10.2 Å². The number of piperidine rings is 1. The van der Waals surface area contributed by atoms with Crippen molar-refractivity contribution in [2.45, 2.75) is 51.5 Å². The minimum Gasteiger partial charge on any atom is -0.353 e. The van der Waals surface area contributed by atoms with Gasteiger partial charge in [-0.1, -0.05) is 41.7 Å². The molecule has 30 heavy (non-hydrogen) atoms. The fourth-order valence-corrected chi connectivity index (χ4v) is 5.03. The Labute approximate surface area is 181 Å². The molecule has 160 valence electrons. The maximum absolute atomic E-state index is 12.7. The molecule has 2 aromatic rings. The minimum atomic E-state index is 0.0491. The molecule has 1 aromatic heterocycles. The summed E-state index contributed by atoms with van der Waals surface area (Å²) < 4.78 is 0. The Morgan fingerprint density at radius 3 is 2.60 bits per heavy atom. The number of nitrogens with zero attached hydrogens (tertiary/aromatic N) is 4. The third-order valence-corrected chi connectivity index (χ3v) is 6.95. The summed E-state index contributed by atoms with van der Waals surface area (Å²) >= 11 is 1.47. The van der Waals surface area contributed by atoms with Crippen LogP contribution in [0.4, 0.5) is 10.3 Å². The molecule has 3 heterocycles. The summed E-state index contributed by atoms with van der Waals surface area (Å²) in [5.41, 5.74) is 1.30. The topological polar surface area (TPSA) is 78.4 Å². The van der Waals surface area contributed by atoms with E-state index in [2.05, 4.69) is 51.6 Å². The highest BCUT2D eigenvalue weighted by molar-refractivity contribution is 7.19. The van der Waals surface area contributed by atoms with Crippen LogP contribution in [-0.2, 0) is 16.0 Å². The molecule has 1 atom stereocenters. The number of amides is 2. The Kier molecular flexibility index (Phi) is 6.62. The van der Waals surface area contributed by atoms with Crippen molar-refractivity contribution < 1.29 is 9.59 Å². The van der Waals surface area contributed by atoms with Gasteiger partial charge in [-0.3, -0.25) is 14.5 Å². The molecule has 0 unspecified atom stereocenters. The average Bonchev–Trinajstić information content (AvgIpc) is 3.42. The van der Waals surface area contributed by atoms with Crippen molar-refractivity contribution >= 4 is 33.4 Å². The number of nitrogens with one attached hydrogen (secondary N) is 1. The van der Waals surface area contributed by atoms with Crippen molar-refractivity contribution in [2.75, 3.05) is 29.4 Å². The zero-order valence-electron chi connectivity index (χ0n) is 17.4. The second-order valence-electron chi connectivity index (χ2n) is 8.21. The van der Waals surface area contributed by atoms with Gasteiger partial charge in [0.25, 0.3) is 0 Å². The van der Waals surface area contributed by atoms with Crippen LogP contribution >= 0.6 is 11.3 Å². The van der Waals surface area contributed by atoms with Crippen LogP contribution < -0.4 is 15.1 Å². The summed E-state index contributed by atoms with van der Waals surface area (Å²) in [6.07, 6.45) is 5.03. The number of carbonyl (C=O) groups excluding carboxylic acids is 2. The Balaban J connectivity index is 1.22. The largest absolute Gasteiger partial charge is 0.353 e. The van der Waals surface area contributed by atoms with E-state index in [0.29, 0.717) is 11.6 Å². The molecule has 1 aromatic carbocycles. The Morgan fingerprint density at radius 1 is 1.17 bits per heavy atom. The molecule has 1 N–H and O–H groups in total. The number of aromatic nitrogens is 2. The lowest BCUT2D eigenvalue weighted by atomic mass is 9.95. The summed E-state index contributed by atoms with van der Waals surface area (Å²) in [5.74, 6) is 0.346. The lowest BCUT2D eigenvalue weighted by Crippen LogP contribution is -2.43. The highest BCUT2D eigenvalue weighted by Crippen LogP contribution is 2.32. The zero-order valence-corrected chi connectivity index (χ0v) is 18.2. The van der Waals surface area contributed by atoms with E-state index in [1.807, 2.05) is 6.07 Å². The highest BCUT2D eigenvalue weighted by Gasteiger charge is 2.29. The summed E-state index contributed by atoms with van der Waals surface area (Å²) in [6, 6.07) is 10.5. The second kappa shape index (κ2) is 9.55. The Morgan fingerprint density at radius 2 is 1.90 bits per heavy atom. The normalized spacial score (nSPS) is 18.6. The maximum atomic E-state index is 12.7. The fourth-order valence-electron chi connectivity index (χ4n) is 4.09. The van der Waals surface area contributed by atoms with Gasteiger partial charge in [-0.15, -0.1) is 10.2 Å². The van der Waals surface area contributed by atoms with Crippen molar-refractivity contribution in [2.24, 2.45) is 5.92 Å². The molecule has 2 fully saturated rings. The van der Waals surface area contributed by atoms with E-state index >= 15 is 0 Å². The Hall–Kier alpha value is -2.48. The van der Waals surface area contributed by atoms with Crippen LogP contribution in [0.25, 0.3) is 0 Å². The van der Waals surface area contributed by atoms with Gasteiger partial charge in [-0.25, -0.2) is 0 Å². The Bertz CT molecular complexity index is 863. The SMILES string of the molecule is C[C@H](CCc1ccccc1)NC(=O)C1CCN(c2nnc(N3CCCC3=O)s2)CC1. The second-order valence-corrected chi connectivity index (χ2v) is 9.15. The van der Waals surface area contributed by atoms with Gasteiger partial charge in [-0.2, -0.15) is 0 Å². The van der Waals surface area contributed by atoms with Crippen molar-refractivity contribution in [3.8, 4) is 0 Å². The summed E-state index contributed by atoms with van der Waals surface area (Å²) in [7, 11) is 0. The predicted molar refractivity (Wildman–Crippen MR) is 119 cm³/mol. The van der Waals surface area contributed by atoms with Gasteiger partial charge in [0.2, 0.25) is 22.1 Å². The number of carbonyl (C=O) groups is 2. The molecule has 0 saturated carbocycles. The van der Waals surface area contributed by atoms with E-state index in [4.69, 9.17) is 0 Å². The van der Waals surface area contributed by atoms with Gasteiger partial charge in [0.05, 0.1) is 0 Å². The molecule has 2 amide bonds. The lowest BCUT2D eigenvalue weighted by molar-refractivity contribution is -0.126. The van der Waals surface area contributed by atoms with Crippen LogP contribution in [0.1, 0.15) is 44.6 Å². The lowest BCUT2D eigenvalue weighted by Gasteiger charge is -2.31. The van der Waals surface area contributed by atoms with Gasteiger partial charge in [0.1, 0.15) is 0 Å². The van der Waals surface area contributed by atoms with E-state index in [1.165, 1.54) is 16.9 Å². The van der Waals surface area contributed by atoms with E-state index in [-0.39, 0.29) is 23.8 Å². The molecule has 7 nitrogen and oxygen atoms in total. The molecule has 2 aliphatic heterocycles. The molecule has 0 aliphatic carbocycles. The first-order valence-electron chi connectivity index (χ1n) is 10.8. The molecule has 2 aliphatic rings. The fraction of sp³-hybridized carbons (Fsp3) is 0.545. The minimum absolute atomic E-state index is 0.0491. The van der Waals surface area contributed by atoms with E-state index in [9.17, 15) is 9.59 Å². The van der Waals surface area contributed by atoms with Crippen LogP contribution in [-0.4, -0.2) is 47.7 Å². The quantitative estimate of drug-likeness (QED) is 0.735. The smallest absolute Gasteiger partial charge is 0.228 e. The molecule has 0 radical (unpaired) electrons. The standard InChI is InChI=1S/C22H29N5O2S/c1-16(9-10-17-6-3-2-4-7-17)23-20(29)18-11-14-26(15-12-18)21-24-25-22(30-21)27-13-5-8-19(27)28/h2-4,6-7,16,18H,5,8-15H2,1H3,(H,23,29)/t16-/m1/s1. The first-order valence-corrected chi connectivity index (χ1v) is 11.6. The van der Waals surface area contributed by atoms with E-state index in [1.54, 1.807) is 4.90 Å². The van der Waals surface area contributed by atoms with Crippen molar-refractivity contribution in [1.29, 1.82) is 0 Å². The molecule has 4 rings (SSSR count). The first-order chi connectivity index (χ1) is 14.6. The monoisotopic (exact) mass is 427 g/mol. The third kappa shape index (κ3) is 4.98.